The normalized spacial score (nSPS) is 24.0. The van der Waals surface area contributed by atoms with Gasteiger partial charge in [0, 0.05) is 0 Å². The van der Waals surface area contributed by atoms with Gasteiger partial charge in [-0.2, -0.15) is 0 Å². The van der Waals surface area contributed by atoms with Crippen LogP contribution in [0.5, 0.6) is 0 Å². The molecular weight excluding hydrogens is 412 g/mol. The lowest BCUT2D eigenvalue weighted by molar-refractivity contribution is 0.0721. The van der Waals surface area contributed by atoms with Gasteiger partial charge in [0.1, 0.15) is 0 Å². The predicted octanol–water partition coefficient (Wildman–Crippen LogP) is 9.56. The second kappa shape index (κ2) is 16.7. The summed E-state index contributed by atoms with van der Waals surface area (Å²) in [4.78, 5) is 0. The molecule has 1 fully saturated rings. The lowest BCUT2D eigenvalue weighted by Gasteiger charge is -2.43. The summed E-state index contributed by atoms with van der Waals surface area (Å²) < 4.78 is 0. The Morgan fingerprint density at radius 3 is 2.35 bits per heavy atom. The summed E-state index contributed by atoms with van der Waals surface area (Å²) >= 11 is 0. The van der Waals surface area contributed by atoms with Crippen LogP contribution in [-0.2, 0) is 0 Å². The van der Waals surface area contributed by atoms with E-state index in [2.05, 4.69) is 95.9 Å². The molecule has 0 spiro atoms. The average molecular weight is 465 g/mol. The number of hydrogen-bond donors (Lipinski definition) is 1. The van der Waals surface area contributed by atoms with E-state index in [4.69, 9.17) is 5.11 Å². The third-order valence-corrected chi connectivity index (χ3v) is 7.46. The van der Waals surface area contributed by atoms with Gasteiger partial charge >= 0.3 is 0 Å². The van der Waals surface area contributed by atoms with Gasteiger partial charge in [0.05, 0.1) is 6.61 Å². The SMILES string of the molecule is C=CC(C/C=C/C(C)=C/C=C/CC(C)/C=C/C=C(C)/C=C/CO)CCC1C(C)CCCC1(C)C. The molecule has 1 aliphatic carbocycles. The van der Waals surface area contributed by atoms with Crippen LogP contribution >= 0.6 is 0 Å². The molecule has 0 aromatic carbocycles. The highest BCUT2D eigenvalue weighted by Gasteiger charge is 2.36. The summed E-state index contributed by atoms with van der Waals surface area (Å²) in [5.41, 5.74) is 2.92. The molecule has 1 N–H and O–H groups in total. The molecule has 0 bridgehead atoms. The summed E-state index contributed by atoms with van der Waals surface area (Å²) in [7, 11) is 0. The molecule has 1 aliphatic rings. The van der Waals surface area contributed by atoms with Gasteiger partial charge in [-0.3, -0.25) is 0 Å². The summed E-state index contributed by atoms with van der Waals surface area (Å²) in [6.07, 6.45) is 32.3. The Morgan fingerprint density at radius 2 is 1.71 bits per heavy atom. The standard InChI is InChI=1S/C33H52O/c1-8-31(23-24-32-30(5)21-13-25-33(32,6)7)22-12-19-28(3)16-10-9-15-27(2)17-11-18-29(4)20-14-26-34/h8-12,14,16-20,27,30-32,34H,1,13,15,21-26H2,2-7H3/b10-9+,17-11+,19-12+,20-14+,28-16+,29-18+. The first-order valence-corrected chi connectivity index (χ1v) is 13.4. The molecular formula is C33H52O. The molecule has 190 valence electrons. The van der Waals surface area contributed by atoms with E-state index >= 15 is 0 Å². The van der Waals surface area contributed by atoms with E-state index in [1.807, 2.05) is 13.0 Å². The van der Waals surface area contributed by atoms with Crippen LogP contribution in [0.1, 0.15) is 86.5 Å². The Kier molecular flexibility index (Phi) is 14.8. The Hall–Kier alpha value is -1.86. The quantitative estimate of drug-likeness (QED) is 0.200. The van der Waals surface area contributed by atoms with Crippen molar-refractivity contribution in [3.05, 3.63) is 84.6 Å². The van der Waals surface area contributed by atoms with Crippen molar-refractivity contribution in [1.82, 2.24) is 0 Å². The minimum atomic E-state index is 0.0886. The Labute approximate surface area is 211 Å². The Bertz CT molecular complexity index is 755. The second-order valence-corrected chi connectivity index (χ2v) is 11.1. The second-order valence-electron chi connectivity index (χ2n) is 11.1. The van der Waals surface area contributed by atoms with Gasteiger partial charge in [-0.15, -0.1) is 6.58 Å². The van der Waals surface area contributed by atoms with Crippen molar-refractivity contribution in [1.29, 1.82) is 0 Å². The molecule has 0 heterocycles. The van der Waals surface area contributed by atoms with Crippen LogP contribution in [0.3, 0.4) is 0 Å². The molecule has 4 atom stereocenters. The summed E-state index contributed by atoms with van der Waals surface area (Å²) in [5, 5.41) is 8.81. The summed E-state index contributed by atoms with van der Waals surface area (Å²) in [6.45, 7) is 18.1. The molecule has 0 amide bonds. The number of hydrogen-bond acceptors (Lipinski definition) is 1. The van der Waals surface area contributed by atoms with Crippen molar-refractivity contribution in [2.75, 3.05) is 6.61 Å². The smallest absolute Gasteiger partial charge is 0.0615 e. The van der Waals surface area contributed by atoms with E-state index in [0.29, 0.717) is 17.3 Å². The molecule has 0 radical (unpaired) electrons. The molecule has 4 unspecified atom stereocenters. The van der Waals surface area contributed by atoms with Gasteiger partial charge in [-0.05, 0) is 75.0 Å². The molecule has 1 saturated carbocycles. The van der Waals surface area contributed by atoms with Crippen molar-refractivity contribution >= 4 is 0 Å². The van der Waals surface area contributed by atoms with Crippen LogP contribution in [0.4, 0.5) is 0 Å². The largest absolute Gasteiger partial charge is 0.392 e. The third kappa shape index (κ3) is 12.6. The highest BCUT2D eigenvalue weighted by Crippen LogP contribution is 2.46. The summed E-state index contributed by atoms with van der Waals surface area (Å²) in [5.74, 6) is 2.78. The van der Waals surface area contributed by atoms with Crippen LogP contribution in [0.25, 0.3) is 0 Å². The third-order valence-electron chi connectivity index (χ3n) is 7.46. The van der Waals surface area contributed by atoms with E-state index in [1.165, 1.54) is 37.7 Å². The molecule has 1 nitrogen and oxygen atoms in total. The van der Waals surface area contributed by atoms with Gasteiger partial charge < -0.3 is 5.11 Å². The molecule has 0 aromatic heterocycles. The maximum Gasteiger partial charge on any atom is 0.0615 e. The topological polar surface area (TPSA) is 20.2 Å². The van der Waals surface area contributed by atoms with Crippen LogP contribution in [0.2, 0.25) is 0 Å². The Morgan fingerprint density at radius 1 is 1.03 bits per heavy atom. The first-order chi connectivity index (χ1) is 16.2. The minimum absolute atomic E-state index is 0.0886. The van der Waals surface area contributed by atoms with E-state index in [1.54, 1.807) is 6.08 Å². The highest BCUT2D eigenvalue weighted by atomic mass is 16.2. The first kappa shape index (κ1) is 30.2. The van der Waals surface area contributed by atoms with E-state index < -0.39 is 0 Å². The summed E-state index contributed by atoms with van der Waals surface area (Å²) in [6, 6.07) is 0. The van der Waals surface area contributed by atoms with Gasteiger partial charge in [-0.1, -0.05) is 119 Å². The molecule has 0 saturated heterocycles. The maximum absolute atomic E-state index is 8.81. The van der Waals surface area contributed by atoms with E-state index in [-0.39, 0.29) is 6.61 Å². The maximum atomic E-state index is 8.81. The van der Waals surface area contributed by atoms with Gasteiger partial charge in [0.2, 0.25) is 0 Å². The van der Waals surface area contributed by atoms with Crippen molar-refractivity contribution in [2.45, 2.75) is 86.5 Å². The highest BCUT2D eigenvalue weighted by molar-refractivity contribution is 5.23. The average Bonchev–Trinajstić information content (AvgIpc) is 2.78. The fourth-order valence-corrected chi connectivity index (χ4v) is 5.20. The molecule has 34 heavy (non-hydrogen) atoms. The zero-order valence-electron chi connectivity index (χ0n) is 23.0. The van der Waals surface area contributed by atoms with Crippen molar-refractivity contribution in [3.8, 4) is 0 Å². The monoisotopic (exact) mass is 464 g/mol. The lowest BCUT2D eigenvalue weighted by Crippen LogP contribution is -2.33. The Balaban J connectivity index is 2.42. The molecule has 0 aromatic rings. The van der Waals surface area contributed by atoms with Crippen LogP contribution in [-0.4, -0.2) is 11.7 Å². The number of allylic oxidation sites excluding steroid dienone is 12. The molecule has 0 aliphatic heterocycles. The van der Waals surface area contributed by atoms with Gasteiger partial charge in [0.15, 0.2) is 0 Å². The van der Waals surface area contributed by atoms with Crippen LogP contribution in [0, 0.1) is 29.1 Å². The fraction of sp³-hybridized carbons (Fsp3) is 0.576. The number of aliphatic hydroxyl groups is 1. The van der Waals surface area contributed by atoms with Crippen molar-refractivity contribution in [2.24, 2.45) is 29.1 Å². The molecule has 1 rings (SSSR count). The van der Waals surface area contributed by atoms with Crippen molar-refractivity contribution in [3.63, 3.8) is 0 Å². The zero-order chi connectivity index (χ0) is 25.4. The number of aliphatic hydroxyl groups excluding tert-OH is 1. The van der Waals surface area contributed by atoms with E-state index in [9.17, 15) is 0 Å². The van der Waals surface area contributed by atoms with Crippen molar-refractivity contribution < 1.29 is 5.11 Å². The zero-order valence-corrected chi connectivity index (χ0v) is 23.0. The van der Waals surface area contributed by atoms with Crippen LogP contribution < -0.4 is 0 Å². The number of rotatable bonds is 14. The first-order valence-electron chi connectivity index (χ1n) is 13.4. The fourth-order valence-electron chi connectivity index (χ4n) is 5.20. The van der Waals surface area contributed by atoms with Crippen LogP contribution in [0.15, 0.2) is 84.6 Å². The molecule has 1 heteroatoms. The minimum Gasteiger partial charge on any atom is -0.392 e. The predicted molar refractivity (Wildman–Crippen MR) is 153 cm³/mol. The van der Waals surface area contributed by atoms with Gasteiger partial charge in [0.25, 0.3) is 0 Å². The van der Waals surface area contributed by atoms with Gasteiger partial charge in [-0.25, -0.2) is 0 Å². The lowest BCUT2D eigenvalue weighted by atomic mass is 9.62. The van der Waals surface area contributed by atoms with E-state index in [0.717, 1.165) is 30.3 Å².